The number of nitrogens with zero attached hydrogens (tertiary/aromatic N) is 1. The number of alkyl carbamates (subject to hydrolysis) is 1. The Morgan fingerprint density at radius 2 is 1.94 bits per heavy atom. The smallest absolute Gasteiger partial charge is 0.407 e. The molecule has 1 heterocycles. The van der Waals surface area contributed by atoms with Crippen molar-refractivity contribution in [1.82, 2.24) is 10.5 Å². The van der Waals surface area contributed by atoms with Crippen LogP contribution in [-0.4, -0.2) is 35.0 Å². The van der Waals surface area contributed by atoms with Gasteiger partial charge in [0.2, 0.25) is 0 Å². The highest BCUT2D eigenvalue weighted by atomic mass is 16.5. The molecule has 174 valence electrons. The van der Waals surface area contributed by atoms with Crippen LogP contribution >= 0.6 is 0 Å². The molecule has 0 saturated heterocycles. The minimum atomic E-state index is -0.752. The number of amides is 1. The average molecular weight is 445 g/mol. The lowest BCUT2D eigenvalue weighted by Crippen LogP contribution is -2.29. The second kappa shape index (κ2) is 10.1. The summed E-state index contributed by atoms with van der Waals surface area (Å²) in [6.07, 6.45) is 2.36. The maximum Gasteiger partial charge on any atom is 0.407 e. The molecule has 1 fully saturated rings. The van der Waals surface area contributed by atoms with Crippen molar-refractivity contribution >= 4 is 12.1 Å². The lowest BCUT2D eigenvalue weighted by atomic mass is 9.87. The van der Waals surface area contributed by atoms with Crippen LogP contribution < -0.4 is 10.1 Å². The number of ether oxygens (including phenoxy) is 2. The Morgan fingerprint density at radius 1 is 1.22 bits per heavy atom. The minimum Gasteiger partial charge on any atom is -0.490 e. The number of carbonyl (C=O) groups excluding carboxylic acids is 1. The van der Waals surface area contributed by atoms with E-state index in [0.717, 1.165) is 24.0 Å². The summed E-state index contributed by atoms with van der Waals surface area (Å²) in [5.74, 6) is 0.174. The van der Waals surface area contributed by atoms with E-state index in [0.29, 0.717) is 36.7 Å². The lowest BCUT2D eigenvalue weighted by Gasteiger charge is -2.27. The van der Waals surface area contributed by atoms with Crippen LogP contribution in [0.1, 0.15) is 57.7 Å². The molecule has 1 amide bonds. The number of aliphatic carboxylic acids is 1. The first-order valence-corrected chi connectivity index (χ1v) is 11.0. The van der Waals surface area contributed by atoms with Crippen LogP contribution in [-0.2, 0) is 16.1 Å². The number of hydrogen-bond donors (Lipinski definition) is 2. The van der Waals surface area contributed by atoms with Crippen molar-refractivity contribution in [3.8, 4) is 17.1 Å². The summed E-state index contributed by atoms with van der Waals surface area (Å²) in [7, 11) is 0. The zero-order valence-corrected chi connectivity index (χ0v) is 19.1. The van der Waals surface area contributed by atoms with E-state index in [1.807, 2.05) is 52.0 Å². The van der Waals surface area contributed by atoms with Gasteiger partial charge < -0.3 is 24.4 Å². The third-order valence-corrected chi connectivity index (χ3v) is 5.43. The molecule has 0 unspecified atom stereocenters. The summed E-state index contributed by atoms with van der Waals surface area (Å²) in [6.45, 7) is 8.37. The van der Waals surface area contributed by atoms with E-state index >= 15 is 0 Å². The van der Waals surface area contributed by atoms with Crippen molar-refractivity contribution in [2.75, 3.05) is 6.61 Å². The Morgan fingerprint density at radius 3 is 2.59 bits per heavy atom. The molecule has 1 aliphatic carbocycles. The highest BCUT2D eigenvalue weighted by Crippen LogP contribution is 2.31. The molecule has 1 aliphatic rings. The van der Waals surface area contributed by atoms with Gasteiger partial charge in [-0.3, -0.25) is 4.79 Å². The van der Waals surface area contributed by atoms with E-state index in [4.69, 9.17) is 14.0 Å². The third kappa shape index (κ3) is 6.48. The maximum atomic E-state index is 12.0. The number of rotatable bonds is 7. The van der Waals surface area contributed by atoms with E-state index in [1.165, 1.54) is 0 Å². The molecule has 1 aromatic heterocycles. The normalized spacial score (nSPS) is 18.8. The molecule has 2 atom stereocenters. The van der Waals surface area contributed by atoms with E-state index in [1.54, 1.807) is 0 Å². The number of aromatic nitrogens is 1. The van der Waals surface area contributed by atoms with Crippen molar-refractivity contribution in [3.05, 3.63) is 35.5 Å². The summed E-state index contributed by atoms with van der Waals surface area (Å²) in [6, 6.07) is 7.42. The summed E-state index contributed by atoms with van der Waals surface area (Å²) >= 11 is 0. The molecule has 8 heteroatoms. The van der Waals surface area contributed by atoms with Crippen LogP contribution in [0.3, 0.4) is 0 Å². The summed E-state index contributed by atoms with van der Waals surface area (Å²) in [4.78, 5) is 23.3. The predicted octanol–water partition coefficient (Wildman–Crippen LogP) is 4.94. The summed E-state index contributed by atoms with van der Waals surface area (Å²) in [5.41, 5.74) is 2.18. The van der Waals surface area contributed by atoms with Crippen LogP contribution in [0.4, 0.5) is 4.79 Å². The van der Waals surface area contributed by atoms with Gasteiger partial charge in [-0.25, -0.2) is 4.79 Å². The Hall–Kier alpha value is -3.03. The number of carbonyl (C=O) groups is 2. The largest absolute Gasteiger partial charge is 0.490 e. The zero-order chi connectivity index (χ0) is 23.3. The minimum absolute atomic E-state index is 0.0953. The van der Waals surface area contributed by atoms with E-state index in [2.05, 4.69) is 10.5 Å². The first kappa shape index (κ1) is 23.6. The van der Waals surface area contributed by atoms with E-state index in [-0.39, 0.29) is 24.0 Å². The topological polar surface area (TPSA) is 111 Å². The van der Waals surface area contributed by atoms with Gasteiger partial charge >= 0.3 is 12.1 Å². The van der Waals surface area contributed by atoms with Crippen LogP contribution in [0.25, 0.3) is 11.3 Å². The number of carboxylic acid groups (broad SMARTS) is 1. The third-order valence-electron chi connectivity index (χ3n) is 5.43. The second-order valence-corrected chi connectivity index (χ2v) is 9.53. The molecule has 0 spiro atoms. The zero-order valence-electron chi connectivity index (χ0n) is 19.1. The quantitative estimate of drug-likeness (QED) is 0.622. The number of benzene rings is 1. The van der Waals surface area contributed by atoms with Crippen LogP contribution in [0.5, 0.6) is 5.75 Å². The number of carboxylic acids is 1. The van der Waals surface area contributed by atoms with Gasteiger partial charge in [-0.15, -0.1) is 0 Å². The fraction of sp³-hybridized carbons (Fsp3) is 0.542. The van der Waals surface area contributed by atoms with Gasteiger partial charge in [0.15, 0.2) is 5.76 Å². The number of aryl methyl sites for hydroxylation is 1. The summed E-state index contributed by atoms with van der Waals surface area (Å²) < 4.78 is 16.8. The predicted molar refractivity (Wildman–Crippen MR) is 118 cm³/mol. The molecule has 3 rings (SSSR count). The fourth-order valence-corrected chi connectivity index (χ4v) is 3.67. The van der Waals surface area contributed by atoms with Crippen molar-refractivity contribution < 1.29 is 28.7 Å². The molecular formula is C24H32N2O6. The highest BCUT2D eigenvalue weighted by molar-refractivity contribution is 5.70. The van der Waals surface area contributed by atoms with Crippen molar-refractivity contribution in [3.63, 3.8) is 0 Å². The van der Waals surface area contributed by atoms with Gasteiger partial charge in [0.05, 0.1) is 30.9 Å². The Labute approximate surface area is 188 Å². The number of hydrogen-bond acceptors (Lipinski definition) is 6. The lowest BCUT2D eigenvalue weighted by molar-refractivity contribution is -0.143. The van der Waals surface area contributed by atoms with Gasteiger partial charge in [0.25, 0.3) is 0 Å². The molecule has 2 aromatic rings. The molecule has 0 bridgehead atoms. The SMILES string of the molecule is Cc1noc(-c2ccc(O[C@H]3CCC[C@H](C(=O)O)C3)cc2)c1CNC(=O)OCC(C)(C)C. The van der Waals surface area contributed by atoms with E-state index in [9.17, 15) is 14.7 Å². The van der Waals surface area contributed by atoms with Crippen molar-refractivity contribution in [2.45, 2.75) is 66.0 Å². The average Bonchev–Trinajstić information content (AvgIpc) is 3.11. The fourth-order valence-electron chi connectivity index (χ4n) is 3.67. The Kier molecular flexibility index (Phi) is 7.43. The highest BCUT2D eigenvalue weighted by Gasteiger charge is 2.28. The molecule has 1 aromatic carbocycles. The molecule has 0 aliphatic heterocycles. The molecule has 1 saturated carbocycles. The summed E-state index contributed by atoms with van der Waals surface area (Å²) in [5, 5.41) is 16.0. The first-order valence-electron chi connectivity index (χ1n) is 11.0. The monoisotopic (exact) mass is 444 g/mol. The van der Waals surface area contributed by atoms with Gasteiger partial charge in [-0.2, -0.15) is 0 Å². The van der Waals surface area contributed by atoms with Gasteiger partial charge in [0, 0.05) is 11.1 Å². The molecule has 8 nitrogen and oxygen atoms in total. The number of nitrogens with one attached hydrogen (secondary N) is 1. The Balaban J connectivity index is 1.61. The molecular weight excluding hydrogens is 412 g/mol. The molecule has 32 heavy (non-hydrogen) atoms. The maximum absolute atomic E-state index is 12.0. The van der Waals surface area contributed by atoms with Gasteiger partial charge in [-0.1, -0.05) is 25.9 Å². The van der Waals surface area contributed by atoms with Crippen LogP contribution in [0.15, 0.2) is 28.8 Å². The second-order valence-electron chi connectivity index (χ2n) is 9.53. The van der Waals surface area contributed by atoms with Crippen molar-refractivity contribution in [1.29, 1.82) is 0 Å². The van der Waals surface area contributed by atoms with Gasteiger partial charge in [-0.05, 0) is 62.3 Å². The van der Waals surface area contributed by atoms with E-state index < -0.39 is 12.1 Å². The van der Waals surface area contributed by atoms with Gasteiger partial charge in [0.1, 0.15) is 5.75 Å². The molecule has 2 N–H and O–H groups in total. The standard InChI is InChI=1S/C24H32N2O6/c1-15-20(13-25-23(29)30-14-24(2,3)4)21(32-26-15)16-8-10-18(11-9-16)31-19-7-5-6-17(12-19)22(27)28/h8-11,17,19H,5-7,12-14H2,1-4H3,(H,25,29)(H,27,28)/t17-,19-/m0/s1. The van der Waals surface area contributed by atoms with Crippen molar-refractivity contribution in [2.24, 2.45) is 11.3 Å². The Bertz CT molecular complexity index is 929. The van der Waals surface area contributed by atoms with Crippen LogP contribution in [0.2, 0.25) is 0 Å². The first-order chi connectivity index (χ1) is 15.1. The molecule has 0 radical (unpaired) electrons. The van der Waals surface area contributed by atoms with Crippen LogP contribution in [0, 0.1) is 18.3 Å².